The van der Waals surface area contributed by atoms with Crippen LogP contribution in [-0.2, 0) is 19.6 Å². The number of sulfonamides is 1. The van der Waals surface area contributed by atoms with Crippen molar-refractivity contribution in [3.05, 3.63) is 83.9 Å². The molecule has 0 aliphatic carbocycles. The molecule has 0 aliphatic heterocycles. The van der Waals surface area contributed by atoms with Crippen LogP contribution >= 0.6 is 0 Å². The number of ether oxygens (including phenoxy) is 1. The number of nitrogens with one attached hydrogen (secondary N) is 2. The molecule has 0 saturated heterocycles. The molecule has 172 valence electrons. The SMILES string of the molecule is CCNS(=O)(=O)c1ccc(C)c(C(=O)OC(C)C(=O)Nc2ccccc2-c2ccccc2)c1. The highest BCUT2D eigenvalue weighted by molar-refractivity contribution is 7.89. The van der Waals surface area contributed by atoms with Crippen molar-refractivity contribution in [2.24, 2.45) is 0 Å². The molecule has 1 atom stereocenters. The van der Waals surface area contributed by atoms with Gasteiger partial charge in [0.15, 0.2) is 6.10 Å². The summed E-state index contributed by atoms with van der Waals surface area (Å²) in [5, 5.41) is 2.81. The van der Waals surface area contributed by atoms with Gasteiger partial charge in [0.05, 0.1) is 10.5 Å². The zero-order chi connectivity index (χ0) is 24.0. The number of esters is 1. The Morgan fingerprint density at radius 2 is 1.64 bits per heavy atom. The van der Waals surface area contributed by atoms with Gasteiger partial charge in [0.1, 0.15) is 0 Å². The number of benzene rings is 3. The van der Waals surface area contributed by atoms with Crippen LogP contribution in [0.25, 0.3) is 11.1 Å². The molecule has 0 fully saturated rings. The van der Waals surface area contributed by atoms with Crippen molar-refractivity contribution in [3.63, 3.8) is 0 Å². The summed E-state index contributed by atoms with van der Waals surface area (Å²) in [6.07, 6.45) is -1.10. The van der Waals surface area contributed by atoms with Crippen LogP contribution in [0.15, 0.2) is 77.7 Å². The third-order valence-corrected chi connectivity index (χ3v) is 6.54. The van der Waals surface area contributed by atoms with Gasteiger partial charge < -0.3 is 10.1 Å². The number of rotatable bonds is 8. The van der Waals surface area contributed by atoms with Crippen molar-refractivity contribution >= 4 is 27.6 Å². The predicted octanol–water partition coefficient (Wildman–Crippen LogP) is 4.14. The molecule has 1 unspecified atom stereocenters. The minimum absolute atomic E-state index is 0.0456. The maximum atomic E-state index is 12.8. The monoisotopic (exact) mass is 466 g/mol. The molecule has 0 aromatic heterocycles. The van der Waals surface area contributed by atoms with Crippen molar-refractivity contribution < 1.29 is 22.7 Å². The van der Waals surface area contributed by atoms with Crippen molar-refractivity contribution in [2.45, 2.75) is 31.8 Å². The Labute approximate surface area is 193 Å². The second-order valence-corrected chi connectivity index (χ2v) is 9.19. The molecule has 2 N–H and O–H groups in total. The van der Waals surface area contributed by atoms with E-state index in [0.29, 0.717) is 11.3 Å². The maximum Gasteiger partial charge on any atom is 0.339 e. The summed E-state index contributed by atoms with van der Waals surface area (Å²) >= 11 is 0. The fourth-order valence-corrected chi connectivity index (χ4v) is 4.30. The summed E-state index contributed by atoms with van der Waals surface area (Å²) in [5.74, 6) is -1.28. The van der Waals surface area contributed by atoms with Gasteiger partial charge >= 0.3 is 5.97 Å². The molecule has 3 rings (SSSR count). The fraction of sp³-hybridized carbons (Fsp3) is 0.200. The molecular formula is C25H26N2O5S. The third-order valence-electron chi connectivity index (χ3n) is 5.00. The molecule has 33 heavy (non-hydrogen) atoms. The van der Waals surface area contributed by atoms with Gasteiger partial charge in [-0.15, -0.1) is 0 Å². The molecule has 0 radical (unpaired) electrons. The zero-order valence-electron chi connectivity index (χ0n) is 18.7. The van der Waals surface area contributed by atoms with Crippen LogP contribution in [0.1, 0.15) is 29.8 Å². The number of carbonyl (C=O) groups excluding carboxylic acids is 2. The van der Waals surface area contributed by atoms with Crippen molar-refractivity contribution in [1.82, 2.24) is 4.72 Å². The molecular weight excluding hydrogens is 440 g/mol. The number of carbonyl (C=O) groups is 2. The van der Waals surface area contributed by atoms with Gasteiger partial charge in [0.2, 0.25) is 10.0 Å². The van der Waals surface area contributed by atoms with Crippen LogP contribution in [0, 0.1) is 6.92 Å². The van der Waals surface area contributed by atoms with Gasteiger partial charge in [-0.2, -0.15) is 0 Å². The Kier molecular flexibility index (Phi) is 7.63. The number of hydrogen-bond acceptors (Lipinski definition) is 5. The van der Waals surface area contributed by atoms with Gasteiger partial charge in [-0.05, 0) is 43.2 Å². The standard InChI is InChI=1S/C25H26N2O5S/c1-4-26-33(30,31)20-15-14-17(2)22(16-20)25(29)32-18(3)24(28)27-23-13-9-8-12-21(23)19-10-6-5-7-11-19/h5-16,18,26H,4H2,1-3H3,(H,27,28). The van der Waals surface area contributed by atoms with Crippen LogP contribution in [0.5, 0.6) is 0 Å². The van der Waals surface area contributed by atoms with E-state index in [9.17, 15) is 18.0 Å². The summed E-state index contributed by atoms with van der Waals surface area (Å²) in [7, 11) is -3.74. The minimum Gasteiger partial charge on any atom is -0.449 e. The van der Waals surface area contributed by atoms with Crippen LogP contribution in [-0.4, -0.2) is 32.9 Å². The van der Waals surface area contributed by atoms with Crippen LogP contribution in [0.3, 0.4) is 0 Å². The molecule has 0 heterocycles. The Morgan fingerprint density at radius 3 is 2.33 bits per heavy atom. The Hall–Kier alpha value is -3.49. The van der Waals surface area contributed by atoms with Crippen molar-refractivity contribution in [3.8, 4) is 11.1 Å². The molecule has 0 aliphatic rings. The molecule has 7 nitrogen and oxygen atoms in total. The molecule has 0 bridgehead atoms. The minimum atomic E-state index is -3.74. The largest absolute Gasteiger partial charge is 0.449 e. The first-order valence-corrected chi connectivity index (χ1v) is 12.0. The maximum absolute atomic E-state index is 12.8. The van der Waals surface area contributed by atoms with E-state index in [2.05, 4.69) is 10.0 Å². The summed E-state index contributed by atoms with van der Waals surface area (Å²) < 4.78 is 32.3. The summed E-state index contributed by atoms with van der Waals surface area (Å²) in [6.45, 7) is 5.02. The molecule has 0 spiro atoms. The predicted molar refractivity (Wildman–Crippen MR) is 127 cm³/mol. The van der Waals surface area contributed by atoms with E-state index in [1.165, 1.54) is 25.1 Å². The molecule has 8 heteroatoms. The first-order valence-electron chi connectivity index (χ1n) is 10.5. The van der Waals surface area contributed by atoms with E-state index in [1.807, 2.05) is 42.5 Å². The number of aryl methyl sites for hydroxylation is 1. The molecule has 1 amide bonds. The van der Waals surface area contributed by atoms with Crippen LogP contribution in [0.4, 0.5) is 5.69 Å². The van der Waals surface area contributed by atoms with Gasteiger partial charge in [-0.1, -0.05) is 61.5 Å². The highest BCUT2D eigenvalue weighted by Crippen LogP contribution is 2.27. The normalized spacial score (nSPS) is 12.1. The molecule has 3 aromatic rings. The van der Waals surface area contributed by atoms with Crippen molar-refractivity contribution in [2.75, 3.05) is 11.9 Å². The molecule has 3 aromatic carbocycles. The van der Waals surface area contributed by atoms with E-state index >= 15 is 0 Å². The Balaban J connectivity index is 1.76. The lowest BCUT2D eigenvalue weighted by atomic mass is 10.0. The highest BCUT2D eigenvalue weighted by Gasteiger charge is 2.23. The van der Waals surface area contributed by atoms with E-state index in [0.717, 1.165) is 11.1 Å². The second kappa shape index (κ2) is 10.4. The van der Waals surface area contributed by atoms with Gasteiger partial charge in [-0.3, -0.25) is 4.79 Å². The quantitative estimate of drug-likeness (QED) is 0.486. The number of anilines is 1. The van der Waals surface area contributed by atoms with Gasteiger partial charge in [-0.25, -0.2) is 17.9 Å². The van der Waals surface area contributed by atoms with E-state index in [-0.39, 0.29) is 17.0 Å². The Morgan fingerprint density at radius 1 is 0.970 bits per heavy atom. The number of amides is 1. The van der Waals surface area contributed by atoms with E-state index in [4.69, 9.17) is 4.74 Å². The number of para-hydroxylation sites is 1. The lowest BCUT2D eigenvalue weighted by Crippen LogP contribution is -2.30. The molecule has 0 saturated carbocycles. The van der Waals surface area contributed by atoms with E-state index in [1.54, 1.807) is 26.0 Å². The third kappa shape index (κ3) is 5.85. The number of hydrogen-bond donors (Lipinski definition) is 2. The highest BCUT2D eigenvalue weighted by atomic mass is 32.2. The lowest BCUT2D eigenvalue weighted by molar-refractivity contribution is -0.123. The van der Waals surface area contributed by atoms with Crippen LogP contribution in [0.2, 0.25) is 0 Å². The van der Waals surface area contributed by atoms with Gasteiger partial charge in [0, 0.05) is 17.8 Å². The summed E-state index contributed by atoms with van der Waals surface area (Å²) in [5.41, 5.74) is 2.98. The smallest absolute Gasteiger partial charge is 0.339 e. The fourth-order valence-electron chi connectivity index (χ4n) is 3.24. The first-order chi connectivity index (χ1) is 15.7. The average Bonchev–Trinajstić information content (AvgIpc) is 2.80. The average molecular weight is 467 g/mol. The summed E-state index contributed by atoms with van der Waals surface area (Å²) in [6, 6.07) is 21.1. The topological polar surface area (TPSA) is 102 Å². The van der Waals surface area contributed by atoms with Crippen molar-refractivity contribution in [1.29, 1.82) is 0 Å². The summed E-state index contributed by atoms with van der Waals surface area (Å²) in [4.78, 5) is 25.5. The van der Waals surface area contributed by atoms with E-state index < -0.39 is 28.0 Å². The second-order valence-electron chi connectivity index (χ2n) is 7.43. The Bertz CT molecular complexity index is 1260. The zero-order valence-corrected chi connectivity index (χ0v) is 19.5. The lowest BCUT2D eigenvalue weighted by Gasteiger charge is -2.17. The van der Waals surface area contributed by atoms with Gasteiger partial charge in [0.25, 0.3) is 5.91 Å². The first kappa shape index (κ1) is 24.2. The van der Waals surface area contributed by atoms with Crippen LogP contribution < -0.4 is 10.0 Å².